The SMILES string of the molecule is COC(=O)c1cccc(Cn2cc(C3c4ccc(C)cc4C=Cc4oc(C)nc43)c(=S)[nH]c2=O)c1. The van der Waals surface area contributed by atoms with Crippen LogP contribution in [0.4, 0.5) is 0 Å². The summed E-state index contributed by atoms with van der Waals surface area (Å²) in [6.45, 7) is 4.10. The first-order chi connectivity index (χ1) is 16.8. The van der Waals surface area contributed by atoms with Crippen molar-refractivity contribution in [2.45, 2.75) is 26.3 Å². The van der Waals surface area contributed by atoms with Crippen LogP contribution in [0.2, 0.25) is 0 Å². The number of oxazole rings is 1. The number of aromatic amines is 1. The number of ether oxygens (including phenoxy) is 1. The topological polar surface area (TPSA) is 90.1 Å². The molecule has 0 radical (unpaired) electrons. The van der Waals surface area contributed by atoms with Crippen LogP contribution in [0.15, 0.2) is 57.9 Å². The number of hydrogen-bond acceptors (Lipinski definition) is 6. The van der Waals surface area contributed by atoms with Crippen molar-refractivity contribution in [2.75, 3.05) is 7.11 Å². The molecule has 0 saturated heterocycles. The summed E-state index contributed by atoms with van der Waals surface area (Å²) in [5.74, 6) is 0.464. The van der Waals surface area contributed by atoms with Crippen molar-refractivity contribution in [3.05, 3.63) is 115 Å². The zero-order valence-corrected chi connectivity index (χ0v) is 20.3. The fourth-order valence-corrected chi connectivity index (χ4v) is 4.73. The minimum absolute atomic E-state index is 0.249. The second-order valence-electron chi connectivity index (χ2n) is 8.54. The van der Waals surface area contributed by atoms with Crippen molar-refractivity contribution < 1.29 is 13.9 Å². The highest BCUT2D eigenvalue weighted by Crippen LogP contribution is 2.39. The van der Waals surface area contributed by atoms with E-state index in [0.29, 0.717) is 21.9 Å². The van der Waals surface area contributed by atoms with Crippen molar-refractivity contribution in [3.63, 3.8) is 0 Å². The summed E-state index contributed by atoms with van der Waals surface area (Å²) in [7, 11) is 1.34. The molecule has 1 unspecified atom stereocenters. The van der Waals surface area contributed by atoms with E-state index in [2.05, 4.69) is 23.2 Å². The number of rotatable bonds is 4. The molecule has 2 aromatic carbocycles. The maximum atomic E-state index is 12.9. The van der Waals surface area contributed by atoms with E-state index in [4.69, 9.17) is 26.4 Å². The molecule has 7 nitrogen and oxygen atoms in total. The molecule has 0 saturated carbocycles. The van der Waals surface area contributed by atoms with Gasteiger partial charge in [-0.2, -0.15) is 0 Å². The molecule has 1 atom stereocenters. The molecule has 2 aromatic heterocycles. The van der Waals surface area contributed by atoms with Crippen LogP contribution in [0.5, 0.6) is 0 Å². The van der Waals surface area contributed by atoms with Gasteiger partial charge < -0.3 is 9.15 Å². The van der Waals surface area contributed by atoms with Crippen molar-refractivity contribution in [1.29, 1.82) is 0 Å². The van der Waals surface area contributed by atoms with Gasteiger partial charge in [-0.1, -0.05) is 54.2 Å². The van der Waals surface area contributed by atoms with Gasteiger partial charge in [0.2, 0.25) is 0 Å². The first-order valence-corrected chi connectivity index (χ1v) is 11.5. The molecule has 1 aliphatic rings. The minimum atomic E-state index is -0.431. The normalized spacial score (nSPS) is 14.2. The van der Waals surface area contributed by atoms with Crippen molar-refractivity contribution >= 4 is 30.3 Å². The van der Waals surface area contributed by atoms with Gasteiger partial charge in [0.1, 0.15) is 4.64 Å². The van der Waals surface area contributed by atoms with Crippen LogP contribution in [-0.2, 0) is 11.3 Å². The maximum Gasteiger partial charge on any atom is 0.337 e. The van der Waals surface area contributed by atoms with E-state index in [0.717, 1.165) is 33.5 Å². The van der Waals surface area contributed by atoms with Gasteiger partial charge in [0, 0.05) is 18.7 Å². The highest BCUT2D eigenvalue weighted by atomic mass is 32.1. The molecule has 1 aliphatic carbocycles. The molecule has 0 fully saturated rings. The number of nitrogens with one attached hydrogen (secondary N) is 1. The third-order valence-electron chi connectivity index (χ3n) is 6.08. The van der Waals surface area contributed by atoms with E-state index in [1.54, 1.807) is 29.0 Å². The lowest BCUT2D eigenvalue weighted by molar-refractivity contribution is 0.0600. The molecule has 0 aliphatic heterocycles. The second-order valence-corrected chi connectivity index (χ2v) is 8.95. The summed E-state index contributed by atoms with van der Waals surface area (Å²) in [6, 6.07) is 13.2. The Kier molecular flexibility index (Phi) is 5.82. The number of carbonyl (C=O) groups excluding carboxylic acids is 1. The van der Waals surface area contributed by atoms with Crippen LogP contribution in [-0.4, -0.2) is 27.6 Å². The highest BCUT2D eigenvalue weighted by Gasteiger charge is 2.29. The van der Waals surface area contributed by atoms with E-state index < -0.39 is 5.97 Å². The quantitative estimate of drug-likeness (QED) is 0.284. The van der Waals surface area contributed by atoms with E-state index in [9.17, 15) is 9.59 Å². The largest absolute Gasteiger partial charge is 0.465 e. The number of fused-ring (bicyclic) bond motifs is 2. The predicted octanol–water partition coefficient (Wildman–Crippen LogP) is 5.01. The van der Waals surface area contributed by atoms with Crippen molar-refractivity contribution in [1.82, 2.24) is 14.5 Å². The first kappa shape index (κ1) is 22.7. The Morgan fingerprint density at radius 1 is 1.17 bits per heavy atom. The summed E-state index contributed by atoms with van der Waals surface area (Å²) >= 11 is 5.64. The molecule has 1 N–H and O–H groups in total. The molecule has 0 amide bonds. The maximum absolute atomic E-state index is 12.9. The van der Waals surface area contributed by atoms with Gasteiger partial charge in [-0.05, 0) is 41.8 Å². The third-order valence-corrected chi connectivity index (χ3v) is 6.42. The molecule has 5 rings (SSSR count). The van der Waals surface area contributed by atoms with Gasteiger partial charge in [0.05, 0.1) is 30.8 Å². The lowest BCUT2D eigenvalue weighted by atomic mass is 9.87. The van der Waals surface area contributed by atoms with Gasteiger partial charge in [-0.3, -0.25) is 9.55 Å². The first-order valence-electron chi connectivity index (χ1n) is 11.1. The van der Waals surface area contributed by atoms with E-state index in [-0.39, 0.29) is 18.2 Å². The number of carbonyl (C=O) groups is 1. The average Bonchev–Trinajstić information content (AvgIpc) is 3.14. The van der Waals surface area contributed by atoms with E-state index >= 15 is 0 Å². The Balaban J connectivity index is 1.65. The van der Waals surface area contributed by atoms with Gasteiger partial charge in [0.15, 0.2) is 11.7 Å². The zero-order chi connectivity index (χ0) is 24.7. The number of methoxy groups -OCH3 is 1. The molecular weight excluding hydrogens is 462 g/mol. The number of nitrogens with zero attached hydrogens (tertiary/aromatic N) is 2. The summed E-state index contributed by atoms with van der Waals surface area (Å²) in [5.41, 5.74) is 5.55. The van der Waals surface area contributed by atoms with E-state index in [1.807, 2.05) is 32.1 Å². The molecular formula is C27H23N3O4S. The number of aryl methyl sites for hydroxylation is 2. The molecule has 8 heteroatoms. The lowest BCUT2D eigenvalue weighted by Gasteiger charge is -2.19. The van der Waals surface area contributed by atoms with Crippen LogP contribution >= 0.6 is 12.2 Å². The number of H-pyrrole nitrogens is 1. The summed E-state index contributed by atoms with van der Waals surface area (Å²) in [5, 5.41) is 0. The number of esters is 1. The third kappa shape index (κ3) is 4.28. The van der Waals surface area contributed by atoms with Gasteiger partial charge in [-0.15, -0.1) is 0 Å². The summed E-state index contributed by atoms with van der Waals surface area (Å²) in [6.07, 6.45) is 5.72. The Labute approximate surface area is 206 Å². The molecule has 2 heterocycles. The summed E-state index contributed by atoms with van der Waals surface area (Å²) < 4.78 is 12.6. The van der Waals surface area contributed by atoms with Gasteiger partial charge in [0.25, 0.3) is 0 Å². The van der Waals surface area contributed by atoms with Crippen molar-refractivity contribution in [3.8, 4) is 0 Å². The number of aromatic nitrogens is 3. The Bertz CT molecular complexity index is 1610. The van der Waals surface area contributed by atoms with Crippen LogP contribution in [0.25, 0.3) is 12.2 Å². The molecule has 0 spiro atoms. The van der Waals surface area contributed by atoms with Crippen LogP contribution < -0.4 is 5.69 Å². The zero-order valence-electron chi connectivity index (χ0n) is 19.5. The predicted molar refractivity (Wildman–Crippen MR) is 135 cm³/mol. The Morgan fingerprint density at radius 2 is 2.00 bits per heavy atom. The molecule has 176 valence electrons. The lowest BCUT2D eigenvalue weighted by Crippen LogP contribution is -2.25. The Hall–Kier alpha value is -4.04. The Morgan fingerprint density at radius 3 is 2.80 bits per heavy atom. The van der Waals surface area contributed by atoms with Crippen LogP contribution in [0, 0.1) is 18.5 Å². The van der Waals surface area contributed by atoms with Crippen LogP contribution in [0.3, 0.4) is 0 Å². The smallest absolute Gasteiger partial charge is 0.337 e. The average molecular weight is 486 g/mol. The van der Waals surface area contributed by atoms with Gasteiger partial charge in [-0.25, -0.2) is 14.6 Å². The van der Waals surface area contributed by atoms with Crippen molar-refractivity contribution in [2.24, 2.45) is 0 Å². The molecule has 0 bridgehead atoms. The fraction of sp³-hybridized carbons (Fsp3) is 0.185. The second kappa shape index (κ2) is 8.96. The monoisotopic (exact) mass is 485 g/mol. The van der Waals surface area contributed by atoms with Crippen LogP contribution in [0.1, 0.15) is 61.4 Å². The van der Waals surface area contributed by atoms with Gasteiger partial charge >= 0.3 is 11.7 Å². The standard InChI is InChI=1S/C27H23N3O4S/c1-15-7-9-20-18(11-15)8-10-22-24(28-16(2)34-22)23(20)21-14-30(27(32)29-25(21)35)13-17-5-4-6-19(12-17)26(31)33-3/h4-12,14,23H,13H2,1-3H3,(H,29,32,35). The number of hydrogen-bond donors (Lipinski definition) is 1. The number of benzene rings is 2. The molecule has 4 aromatic rings. The minimum Gasteiger partial charge on any atom is -0.465 e. The fourth-order valence-electron chi connectivity index (χ4n) is 4.47. The van der Waals surface area contributed by atoms with E-state index in [1.165, 1.54) is 7.11 Å². The summed E-state index contributed by atoms with van der Waals surface area (Å²) in [4.78, 5) is 32.3. The molecule has 35 heavy (non-hydrogen) atoms. The highest BCUT2D eigenvalue weighted by molar-refractivity contribution is 7.71.